The van der Waals surface area contributed by atoms with E-state index in [1.54, 1.807) is 25.6 Å². The molecule has 6 nitrogen and oxygen atoms in total. The SMILES string of the molecule is COc1cc(/C=C/C(=O)N[C@@H]2CCOc3ccccc32)ccc1-n1cnc(C)c1. The van der Waals surface area contributed by atoms with Crippen LogP contribution >= 0.6 is 0 Å². The van der Waals surface area contributed by atoms with Crippen molar-refractivity contribution in [2.45, 2.75) is 19.4 Å². The summed E-state index contributed by atoms with van der Waals surface area (Å²) in [5.74, 6) is 1.41. The van der Waals surface area contributed by atoms with Crippen molar-refractivity contribution < 1.29 is 14.3 Å². The lowest BCUT2D eigenvalue weighted by molar-refractivity contribution is -0.117. The predicted octanol–water partition coefficient (Wildman–Crippen LogP) is 3.84. The molecule has 1 aliphatic rings. The first-order valence-electron chi connectivity index (χ1n) is 9.53. The lowest BCUT2D eigenvalue weighted by Gasteiger charge is -2.26. The molecule has 3 aromatic rings. The first kappa shape index (κ1) is 18.8. The molecular formula is C23H23N3O3. The van der Waals surface area contributed by atoms with Crippen molar-refractivity contribution in [3.8, 4) is 17.2 Å². The van der Waals surface area contributed by atoms with E-state index in [0.29, 0.717) is 12.4 Å². The zero-order valence-electron chi connectivity index (χ0n) is 16.5. The van der Waals surface area contributed by atoms with Crippen molar-refractivity contribution in [1.82, 2.24) is 14.9 Å². The number of imidazole rings is 1. The molecule has 29 heavy (non-hydrogen) atoms. The highest BCUT2D eigenvalue weighted by Crippen LogP contribution is 2.31. The Hall–Kier alpha value is -3.54. The topological polar surface area (TPSA) is 65.4 Å². The van der Waals surface area contributed by atoms with Crippen LogP contribution in [-0.4, -0.2) is 29.2 Å². The number of aromatic nitrogens is 2. The Morgan fingerprint density at radius 2 is 2.17 bits per heavy atom. The number of nitrogens with one attached hydrogen (secondary N) is 1. The quantitative estimate of drug-likeness (QED) is 0.674. The molecule has 0 saturated heterocycles. The molecule has 0 unspecified atom stereocenters. The van der Waals surface area contributed by atoms with E-state index in [-0.39, 0.29) is 11.9 Å². The third kappa shape index (κ3) is 4.16. The lowest BCUT2D eigenvalue weighted by Crippen LogP contribution is -2.30. The number of benzene rings is 2. The molecule has 0 saturated carbocycles. The zero-order chi connectivity index (χ0) is 20.2. The summed E-state index contributed by atoms with van der Waals surface area (Å²) in [5.41, 5.74) is 3.73. The summed E-state index contributed by atoms with van der Waals surface area (Å²) in [6.07, 6.45) is 7.78. The zero-order valence-corrected chi connectivity index (χ0v) is 16.5. The highest BCUT2D eigenvalue weighted by Gasteiger charge is 2.21. The average molecular weight is 389 g/mol. The highest BCUT2D eigenvalue weighted by molar-refractivity contribution is 5.92. The number of ether oxygens (including phenoxy) is 2. The number of carbonyl (C=O) groups excluding carboxylic acids is 1. The smallest absolute Gasteiger partial charge is 0.244 e. The number of fused-ring (bicyclic) bond motifs is 1. The molecule has 0 aliphatic carbocycles. The Labute approximate surface area is 169 Å². The molecule has 1 aromatic heterocycles. The number of rotatable bonds is 5. The third-order valence-corrected chi connectivity index (χ3v) is 4.90. The largest absolute Gasteiger partial charge is 0.495 e. The molecular weight excluding hydrogens is 366 g/mol. The number of nitrogens with zero attached hydrogens (tertiary/aromatic N) is 2. The van der Waals surface area contributed by atoms with Gasteiger partial charge in [-0.3, -0.25) is 4.79 Å². The molecule has 2 aromatic carbocycles. The monoisotopic (exact) mass is 389 g/mol. The minimum atomic E-state index is -0.139. The van der Waals surface area contributed by atoms with Crippen LogP contribution in [0.5, 0.6) is 11.5 Å². The molecule has 0 bridgehead atoms. The van der Waals surface area contributed by atoms with Crippen LogP contribution in [0.2, 0.25) is 0 Å². The summed E-state index contributed by atoms with van der Waals surface area (Å²) in [7, 11) is 1.63. The van der Waals surface area contributed by atoms with Crippen LogP contribution < -0.4 is 14.8 Å². The van der Waals surface area contributed by atoms with Gasteiger partial charge < -0.3 is 19.4 Å². The Balaban J connectivity index is 1.47. The van der Waals surface area contributed by atoms with E-state index in [0.717, 1.165) is 34.7 Å². The Morgan fingerprint density at radius 1 is 1.31 bits per heavy atom. The second-order valence-corrected chi connectivity index (χ2v) is 6.92. The molecule has 1 amide bonds. The van der Waals surface area contributed by atoms with Crippen molar-refractivity contribution >= 4 is 12.0 Å². The fraction of sp³-hybridized carbons (Fsp3) is 0.217. The van der Waals surface area contributed by atoms with Crippen molar-refractivity contribution in [3.63, 3.8) is 0 Å². The second-order valence-electron chi connectivity index (χ2n) is 6.92. The first-order chi connectivity index (χ1) is 14.1. The summed E-state index contributed by atoms with van der Waals surface area (Å²) >= 11 is 0. The van der Waals surface area contributed by atoms with Crippen LogP contribution in [0.3, 0.4) is 0 Å². The van der Waals surface area contributed by atoms with Crippen LogP contribution in [0.4, 0.5) is 0 Å². The van der Waals surface area contributed by atoms with E-state index in [1.807, 2.05) is 60.2 Å². The van der Waals surface area contributed by atoms with Crippen LogP contribution in [-0.2, 0) is 4.79 Å². The van der Waals surface area contributed by atoms with Gasteiger partial charge in [0.1, 0.15) is 11.5 Å². The van der Waals surface area contributed by atoms with Gasteiger partial charge in [-0.25, -0.2) is 4.98 Å². The number of methoxy groups -OCH3 is 1. The second kappa shape index (κ2) is 8.22. The molecule has 4 rings (SSSR count). The summed E-state index contributed by atoms with van der Waals surface area (Å²) in [5, 5.41) is 3.06. The molecule has 0 radical (unpaired) electrons. The maximum atomic E-state index is 12.5. The van der Waals surface area contributed by atoms with Crippen molar-refractivity contribution in [3.05, 3.63) is 77.9 Å². The molecule has 148 valence electrons. The van der Waals surface area contributed by atoms with Gasteiger partial charge in [-0.1, -0.05) is 24.3 Å². The van der Waals surface area contributed by atoms with E-state index >= 15 is 0 Å². The number of aryl methyl sites for hydroxylation is 1. The third-order valence-electron chi connectivity index (χ3n) is 4.90. The Kier molecular flexibility index (Phi) is 5.33. The van der Waals surface area contributed by atoms with Gasteiger partial charge in [0.25, 0.3) is 0 Å². The summed E-state index contributed by atoms with van der Waals surface area (Å²) in [6.45, 7) is 2.54. The van der Waals surface area contributed by atoms with E-state index < -0.39 is 0 Å². The number of para-hydroxylation sites is 1. The van der Waals surface area contributed by atoms with Gasteiger partial charge in [-0.15, -0.1) is 0 Å². The molecule has 0 fully saturated rings. The molecule has 1 N–H and O–H groups in total. The highest BCUT2D eigenvalue weighted by atomic mass is 16.5. The summed E-state index contributed by atoms with van der Waals surface area (Å²) < 4.78 is 13.1. The lowest BCUT2D eigenvalue weighted by atomic mass is 10.0. The summed E-state index contributed by atoms with van der Waals surface area (Å²) in [4.78, 5) is 16.7. The van der Waals surface area contributed by atoms with E-state index in [2.05, 4.69) is 10.3 Å². The van der Waals surface area contributed by atoms with Gasteiger partial charge in [0.05, 0.1) is 37.5 Å². The maximum absolute atomic E-state index is 12.5. The standard InChI is InChI=1S/C23H23N3O3/c1-16-14-26(15-24-16)20-9-7-17(13-22(20)28-2)8-10-23(27)25-19-11-12-29-21-6-4-3-5-18(19)21/h3-10,13-15,19H,11-12H2,1-2H3,(H,25,27)/b10-8+/t19-/m1/s1. The minimum Gasteiger partial charge on any atom is -0.495 e. The number of hydrogen-bond donors (Lipinski definition) is 1. The predicted molar refractivity (Wildman–Crippen MR) is 111 cm³/mol. The fourth-order valence-electron chi connectivity index (χ4n) is 3.45. The van der Waals surface area contributed by atoms with Crippen LogP contribution in [0.25, 0.3) is 11.8 Å². The number of amides is 1. The van der Waals surface area contributed by atoms with Gasteiger partial charge in [-0.2, -0.15) is 0 Å². The normalized spacial score (nSPS) is 15.6. The van der Waals surface area contributed by atoms with Crippen molar-refractivity contribution in [2.24, 2.45) is 0 Å². The van der Waals surface area contributed by atoms with Gasteiger partial charge in [-0.05, 0) is 36.8 Å². The van der Waals surface area contributed by atoms with Gasteiger partial charge in [0, 0.05) is 24.3 Å². The average Bonchev–Trinajstić information content (AvgIpc) is 3.18. The first-order valence-corrected chi connectivity index (χ1v) is 9.53. The molecule has 1 aliphatic heterocycles. The number of hydrogen-bond acceptors (Lipinski definition) is 4. The minimum absolute atomic E-state index is 0.0431. The van der Waals surface area contributed by atoms with Gasteiger partial charge in [0.15, 0.2) is 0 Å². The maximum Gasteiger partial charge on any atom is 0.244 e. The molecule has 2 heterocycles. The Bertz CT molecular complexity index is 1060. The molecule has 0 spiro atoms. The fourth-order valence-corrected chi connectivity index (χ4v) is 3.45. The van der Waals surface area contributed by atoms with E-state index in [4.69, 9.17) is 9.47 Å². The van der Waals surface area contributed by atoms with Crippen LogP contribution in [0, 0.1) is 6.92 Å². The molecule has 6 heteroatoms. The number of carbonyl (C=O) groups is 1. The van der Waals surface area contributed by atoms with Gasteiger partial charge >= 0.3 is 0 Å². The van der Waals surface area contributed by atoms with Crippen LogP contribution in [0.1, 0.15) is 29.3 Å². The van der Waals surface area contributed by atoms with Crippen molar-refractivity contribution in [2.75, 3.05) is 13.7 Å². The van der Waals surface area contributed by atoms with Gasteiger partial charge in [0.2, 0.25) is 5.91 Å². The van der Waals surface area contributed by atoms with Crippen LogP contribution in [0.15, 0.2) is 61.1 Å². The van der Waals surface area contributed by atoms with E-state index in [1.165, 1.54) is 0 Å². The van der Waals surface area contributed by atoms with Crippen molar-refractivity contribution in [1.29, 1.82) is 0 Å². The molecule has 1 atom stereocenters. The van der Waals surface area contributed by atoms with E-state index in [9.17, 15) is 4.79 Å². The summed E-state index contributed by atoms with van der Waals surface area (Å²) in [6, 6.07) is 13.6. The Morgan fingerprint density at radius 3 is 2.97 bits per heavy atom.